The lowest BCUT2D eigenvalue weighted by atomic mass is 10.1. The van der Waals surface area contributed by atoms with Crippen molar-refractivity contribution in [3.63, 3.8) is 0 Å². The lowest BCUT2D eigenvalue weighted by Crippen LogP contribution is -2.47. The molecule has 2 aliphatic heterocycles. The van der Waals surface area contributed by atoms with Gasteiger partial charge in [-0.05, 0) is 25.9 Å². The summed E-state index contributed by atoms with van der Waals surface area (Å²) in [6.07, 6.45) is 2.18. The third kappa shape index (κ3) is 3.38. The molecule has 0 aromatic carbocycles. The van der Waals surface area contributed by atoms with Crippen LogP contribution in [0.1, 0.15) is 18.4 Å². The molecule has 112 valence electrons. The van der Waals surface area contributed by atoms with Crippen LogP contribution in [0.3, 0.4) is 0 Å². The van der Waals surface area contributed by atoms with Crippen molar-refractivity contribution >= 4 is 11.6 Å². The summed E-state index contributed by atoms with van der Waals surface area (Å²) in [6.45, 7) is 3.10. The molecule has 6 nitrogen and oxygen atoms in total. The second-order valence-electron chi connectivity index (χ2n) is 5.24. The first kappa shape index (κ1) is 14.4. The fourth-order valence-corrected chi connectivity index (χ4v) is 2.27. The number of nitrogens with zero attached hydrogens (tertiary/aromatic N) is 2. The smallest absolute Gasteiger partial charge is 0.258 e. The van der Waals surface area contributed by atoms with E-state index in [0.29, 0.717) is 42.5 Å². The van der Waals surface area contributed by atoms with E-state index in [1.807, 2.05) is 6.07 Å². The van der Waals surface area contributed by atoms with E-state index < -0.39 is 0 Å². The number of halogens is 1. The SMILES string of the molecule is N#Cc1cc(OC[C@@H]2CCN2)c(OC[C@@H]2CCN2)nc1Cl. The average Bonchev–Trinajstić information content (AvgIpc) is 2.37. The van der Waals surface area contributed by atoms with Gasteiger partial charge in [0.15, 0.2) is 10.9 Å². The molecule has 2 aliphatic rings. The molecule has 2 fully saturated rings. The largest absolute Gasteiger partial charge is 0.486 e. The third-order valence-corrected chi connectivity index (χ3v) is 4.03. The van der Waals surface area contributed by atoms with E-state index in [4.69, 9.17) is 26.3 Å². The van der Waals surface area contributed by atoms with Crippen LogP contribution >= 0.6 is 11.6 Å². The summed E-state index contributed by atoms with van der Waals surface area (Å²) >= 11 is 5.97. The summed E-state index contributed by atoms with van der Waals surface area (Å²) in [5, 5.41) is 15.7. The van der Waals surface area contributed by atoms with E-state index in [9.17, 15) is 0 Å². The van der Waals surface area contributed by atoms with Gasteiger partial charge in [0.25, 0.3) is 5.88 Å². The maximum absolute atomic E-state index is 9.04. The predicted molar refractivity (Wildman–Crippen MR) is 77.8 cm³/mol. The van der Waals surface area contributed by atoms with Gasteiger partial charge in [0.05, 0.1) is 5.56 Å². The molecule has 0 aliphatic carbocycles. The lowest BCUT2D eigenvalue weighted by Gasteiger charge is -2.29. The van der Waals surface area contributed by atoms with Gasteiger partial charge in [-0.1, -0.05) is 11.6 Å². The molecular formula is C14H17ClN4O2. The van der Waals surface area contributed by atoms with Gasteiger partial charge in [-0.25, -0.2) is 0 Å². The second-order valence-corrected chi connectivity index (χ2v) is 5.60. The summed E-state index contributed by atoms with van der Waals surface area (Å²) in [4.78, 5) is 4.14. The standard InChI is InChI=1S/C14H17ClN4O2/c15-13-9(6-16)5-12(20-7-10-1-3-17-10)14(19-13)21-8-11-2-4-18-11/h5,10-11,17-18H,1-4,7-8H2/t10-,11-/m0/s1. The zero-order valence-electron chi connectivity index (χ0n) is 11.6. The van der Waals surface area contributed by atoms with Gasteiger partial charge in [0.1, 0.15) is 19.3 Å². The molecule has 2 atom stereocenters. The molecule has 0 amide bonds. The van der Waals surface area contributed by atoms with Crippen molar-refractivity contribution in [3.05, 3.63) is 16.8 Å². The van der Waals surface area contributed by atoms with Gasteiger partial charge in [-0.15, -0.1) is 0 Å². The zero-order valence-corrected chi connectivity index (χ0v) is 12.3. The normalized spacial score (nSPS) is 23.6. The van der Waals surface area contributed by atoms with Crippen LogP contribution in [0.4, 0.5) is 0 Å². The van der Waals surface area contributed by atoms with E-state index in [1.54, 1.807) is 6.07 Å². The van der Waals surface area contributed by atoms with Gasteiger partial charge < -0.3 is 20.1 Å². The topological polar surface area (TPSA) is 79.2 Å². The van der Waals surface area contributed by atoms with Gasteiger partial charge >= 0.3 is 0 Å². The van der Waals surface area contributed by atoms with Crippen molar-refractivity contribution in [2.24, 2.45) is 0 Å². The van der Waals surface area contributed by atoms with E-state index in [0.717, 1.165) is 25.9 Å². The quantitative estimate of drug-likeness (QED) is 0.766. The third-order valence-electron chi connectivity index (χ3n) is 3.74. The van der Waals surface area contributed by atoms with Crippen LogP contribution in [0.15, 0.2) is 6.07 Å². The molecule has 0 spiro atoms. The van der Waals surface area contributed by atoms with Crippen molar-refractivity contribution in [1.82, 2.24) is 15.6 Å². The zero-order chi connectivity index (χ0) is 14.7. The summed E-state index contributed by atoms with van der Waals surface area (Å²) in [7, 11) is 0. The molecule has 0 unspecified atom stereocenters. The molecule has 21 heavy (non-hydrogen) atoms. The van der Waals surface area contributed by atoms with Crippen LogP contribution in [0.5, 0.6) is 11.6 Å². The highest BCUT2D eigenvalue weighted by Crippen LogP contribution is 2.30. The number of nitrogens with one attached hydrogen (secondary N) is 2. The number of aromatic nitrogens is 1. The van der Waals surface area contributed by atoms with Crippen LogP contribution in [0.2, 0.25) is 5.15 Å². The molecule has 1 aromatic rings. The maximum Gasteiger partial charge on any atom is 0.258 e. The van der Waals surface area contributed by atoms with Crippen LogP contribution in [-0.4, -0.2) is 43.4 Å². The van der Waals surface area contributed by atoms with E-state index in [2.05, 4.69) is 15.6 Å². The van der Waals surface area contributed by atoms with Crippen molar-refractivity contribution < 1.29 is 9.47 Å². The fraction of sp³-hybridized carbons (Fsp3) is 0.571. The molecule has 3 rings (SSSR count). The first-order chi connectivity index (χ1) is 10.3. The maximum atomic E-state index is 9.04. The van der Waals surface area contributed by atoms with E-state index in [-0.39, 0.29) is 5.15 Å². The van der Waals surface area contributed by atoms with Crippen molar-refractivity contribution in [3.8, 4) is 17.7 Å². The van der Waals surface area contributed by atoms with Crippen molar-refractivity contribution in [2.45, 2.75) is 24.9 Å². The first-order valence-electron chi connectivity index (χ1n) is 7.09. The van der Waals surface area contributed by atoms with Crippen LogP contribution in [0, 0.1) is 11.3 Å². The van der Waals surface area contributed by atoms with Gasteiger partial charge in [-0.2, -0.15) is 10.2 Å². The number of pyridine rings is 1. The molecule has 0 saturated carbocycles. The highest BCUT2D eigenvalue weighted by atomic mass is 35.5. The Morgan fingerprint density at radius 3 is 2.38 bits per heavy atom. The Morgan fingerprint density at radius 1 is 1.24 bits per heavy atom. The molecular weight excluding hydrogens is 292 g/mol. The highest BCUT2D eigenvalue weighted by Gasteiger charge is 2.21. The van der Waals surface area contributed by atoms with Gasteiger partial charge in [0.2, 0.25) is 0 Å². The second kappa shape index (κ2) is 6.48. The number of hydrogen-bond acceptors (Lipinski definition) is 6. The van der Waals surface area contributed by atoms with Crippen molar-refractivity contribution in [1.29, 1.82) is 5.26 Å². The van der Waals surface area contributed by atoms with Crippen LogP contribution < -0.4 is 20.1 Å². The Hall–Kier alpha value is -1.55. The lowest BCUT2D eigenvalue weighted by molar-refractivity contribution is 0.183. The van der Waals surface area contributed by atoms with Gasteiger partial charge in [-0.3, -0.25) is 0 Å². The minimum atomic E-state index is 0.142. The summed E-state index contributed by atoms with van der Waals surface area (Å²) in [6, 6.07) is 4.31. The fourth-order valence-electron chi connectivity index (χ4n) is 2.09. The first-order valence-corrected chi connectivity index (χ1v) is 7.47. The Labute approximate surface area is 128 Å². The molecule has 0 radical (unpaired) electrons. The molecule has 2 saturated heterocycles. The Morgan fingerprint density at radius 2 is 1.86 bits per heavy atom. The number of nitriles is 1. The highest BCUT2D eigenvalue weighted by molar-refractivity contribution is 6.30. The predicted octanol–water partition coefficient (Wildman–Crippen LogP) is 1.09. The molecule has 7 heteroatoms. The van der Waals surface area contributed by atoms with E-state index in [1.165, 1.54) is 0 Å². The summed E-state index contributed by atoms with van der Waals surface area (Å²) < 4.78 is 11.4. The van der Waals surface area contributed by atoms with Crippen LogP contribution in [-0.2, 0) is 0 Å². The average molecular weight is 309 g/mol. The van der Waals surface area contributed by atoms with E-state index >= 15 is 0 Å². The minimum absolute atomic E-state index is 0.142. The molecule has 3 heterocycles. The molecule has 0 bridgehead atoms. The number of hydrogen-bond donors (Lipinski definition) is 2. The Balaban J connectivity index is 1.70. The Kier molecular flexibility index (Phi) is 4.44. The number of ether oxygens (including phenoxy) is 2. The minimum Gasteiger partial charge on any atom is -0.486 e. The van der Waals surface area contributed by atoms with Crippen molar-refractivity contribution in [2.75, 3.05) is 26.3 Å². The summed E-state index contributed by atoms with van der Waals surface area (Å²) in [5.41, 5.74) is 0.294. The van der Waals surface area contributed by atoms with Crippen LogP contribution in [0.25, 0.3) is 0 Å². The van der Waals surface area contributed by atoms with Gasteiger partial charge in [0, 0.05) is 18.2 Å². The molecule has 1 aromatic heterocycles. The monoisotopic (exact) mass is 308 g/mol. The Bertz CT molecular complexity index is 553. The summed E-state index contributed by atoms with van der Waals surface area (Å²) in [5.74, 6) is 0.830. The molecule has 2 N–H and O–H groups in total. The number of rotatable bonds is 6.